The van der Waals surface area contributed by atoms with E-state index in [2.05, 4.69) is 38.0 Å². The molecule has 0 aromatic carbocycles. The summed E-state index contributed by atoms with van der Waals surface area (Å²) in [5.74, 6) is 4.28. The van der Waals surface area contributed by atoms with Crippen molar-refractivity contribution in [2.75, 3.05) is 13.2 Å². The first-order chi connectivity index (χ1) is 19.8. The Bertz CT molecular complexity index is 762. The summed E-state index contributed by atoms with van der Waals surface area (Å²) in [6.07, 6.45) is 22.8. The number of hydrogen-bond donors (Lipinski definition) is 2. The quantitative estimate of drug-likeness (QED) is 0.151. The first-order valence-electron chi connectivity index (χ1n) is 17.3. The van der Waals surface area contributed by atoms with Crippen LogP contribution in [0.15, 0.2) is 12.2 Å². The van der Waals surface area contributed by atoms with E-state index in [1.807, 2.05) is 0 Å². The second-order valence-electron chi connectivity index (χ2n) is 13.9. The fraction of sp³-hybridized carbons (Fsp3) is 0.886. The Hall–Kier alpha value is -1.72. The topological polar surface area (TPSA) is 76.7 Å². The van der Waals surface area contributed by atoms with Crippen LogP contribution in [0.5, 0.6) is 0 Å². The molecule has 0 spiro atoms. The maximum absolute atomic E-state index is 12.3. The van der Waals surface area contributed by atoms with E-state index < -0.39 is 12.2 Å². The summed E-state index contributed by atoms with van der Waals surface area (Å²) in [6, 6.07) is 0.394. The van der Waals surface area contributed by atoms with Gasteiger partial charge < -0.3 is 20.1 Å². The molecular weight excluding hydrogens is 512 g/mol. The highest BCUT2D eigenvalue weighted by molar-refractivity contribution is 5.68. The Morgan fingerprint density at radius 2 is 1.20 bits per heavy atom. The minimum absolute atomic E-state index is 0.0873. The molecule has 41 heavy (non-hydrogen) atoms. The van der Waals surface area contributed by atoms with E-state index in [9.17, 15) is 9.59 Å². The number of nitrogens with one attached hydrogen (secondary N) is 2. The van der Waals surface area contributed by atoms with E-state index in [-0.39, 0.29) is 25.3 Å². The monoisotopic (exact) mass is 574 g/mol. The summed E-state index contributed by atoms with van der Waals surface area (Å²) in [5, 5.41) is 6.05. The van der Waals surface area contributed by atoms with Crippen molar-refractivity contribution in [2.24, 2.45) is 29.6 Å². The fourth-order valence-corrected chi connectivity index (χ4v) is 7.77. The lowest BCUT2D eigenvalue weighted by molar-refractivity contribution is 0.0888. The molecule has 0 aromatic heterocycles. The van der Waals surface area contributed by atoms with E-state index in [1.54, 1.807) is 0 Å². The van der Waals surface area contributed by atoms with Gasteiger partial charge in [0.15, 0.2) is 0 Å². The maximum atomic E-state index is 12.3. The number of carbonyl (C=O) groups is 2. The Morgan fingerprint density at radius 3 is 1.66 bits per heavy atom. The Kier molecular flexibility index (Phi) is 15.4. The molecular formula is C35H62N2O4. The number of alkyl carbamates (subject to hydrolysis) is 2. The van der Waals surface area contributed by atoms with Crippen LogP contribution < -0.4 is 10.6 Å². The summed E-state index contributed by atoms with van der Waals surface area (Å²) in [7, 11) is 0. The van der Waals surface area contributed by atoms with Crippen molar-refractivity contribution in [3.8, 4) is 0 Å². The minimum atomic E-state index is -0.398. The third-order valence-corrected chi connectivity index (χ3v) is 10.6. The molecule has 0 radical (unpaired) electrons. The molecule has 0 aliphatic heterocycles. The van der Waals surface area contributed by atoms with Crippen LogP contribution in [-0.2, 0) is 9.47 Å². The van der Waals surface area contributed by atoms with Gasteiger partial charge in [0.1, 0.15) is 13.2 Å². The molecule has 6 heteroatoms. The van der Waals surface area contributed by atoms with Gasteiger partial charge in [-0.25, -0.2) is 9.59 Å². The summed E-state index contributed by atoms with van der Waals surface area (Å²) in [5.41, 5.74) is 1.29. The molecule has 0 saturated heterocycles. The van der Waals surface area contributed by atoms with Crippen molar-refractivity contribution in [3.05, 3.63) is 12.2 Å². The molecule has 3 aliphatic rings. The Labute approximate surface area is 251 Å². The molecule has 3 saturated carbocycles. The van der Waals surface area contributed by atoms with Crippen molar-refractivity contribution < 1.29 is 19.1 Å². The highest BCUT2D eigenvalue weighted by Crippen LogP contribution is 2.38. The van der Waals surface area contributed by atoms with E-state index in [1.165, 1.54) is 95.5 Å². The van der Waals surface area contributed by atoms with Gasteiger partial charge in [-0.1, -0.05) is 64.4 Å². The standard InChI is InChI=1S/C35H62N2O4/c1-5-27-10-12-29(13-11-27)25-31-16-20-33(21-17-31)37-35(39)41-23-22-40-34(38)36-32-18-14-30(15-19-32)24-28(6-2)9-7-8-26(3)4/h27-33H,3,5-25H2,1-2,4H3,(H,36,38)(H,37,39). The van der Waals surface area contributed by atoms with Crippen molar-refractivity contribution in [1.29, 1.82) is 0 Å². The van der Waals surface area contributed by atoms with Gasteiger partial charge in [0, 0.05) is 12.1 Å². The zero-order valence-electron chi connectivity index (χ0n) is 26.7. The van der Waals surface area contributed by atoms with Gasteiger partial charge in [0.05, 0.1) is 0 Å². The molecule has 0 aromatic rings. The van der Waals surface area contributed by atoms with Crippen LogP contribution in [0.2, 0.25) is 0 Å². The summed E-state index contributed by atoms with van der Waals surface area (Å²) in [6.45, 7) is 11.0. The summed E-state index contributed by atoms with van der Waals surface area (Å²) >= 11 is 0. The third-order valence-electron chi connectivity index (χ3n) is 10.6. The zero-order valence-corrected chi connectivity index (χ0v) is 26.7. The second kappa shape index (κ2) is 18.7. The number of hydrogen-bond acceptors (Lipinski definition) is 4. The predicted octanol–water partition coefficient (Wildman–Crippen LogP) is 9.33. The molecule has 3 aliphatic carbocycles. The molecule has 3 fully saturated rings. The average molecular weight is 575 g/mol. The van der Waals surface area contributed by atoms with E-state index in [4.69, 9.17) is 9.47 Å². The highest BCUT2D eigenvalue weighted by Gasteiger charge is 2.28. The first-order valence-corrected chi connectivity index (χ1v) is 17.3. The number of carbonyl (C=O) groups excluding carboxylic acids is 2. The van der Waals surface area contributed by atoms with Crippen LogP contribution in [0.1, 0.15) is 143 Å². The predicted molar refractivity (Wildman–Crippen MR) is 168 cm³/mol. The molecule has 0 bridgehead atoms. The van der Waals surface area contributed by atoms with Gasteiger partial charge in [0.25, 0.3) is 0 Å². The van der Waals surface area contributed by atoms with E-state index >= 15 is 0 Å². The van der Waals surface area contributed by atoms with Crippen molar-refractivity contribution in [3.63, 3.8) is 0 Å². The van der Waals surface area contributed by atoms with Crippen molar-refractivity contribution in [2.45, 2.75) is 155 Å². The largest absolute Gasteiger partial charge is 0.446 e. The summed E-state index contributed by atoms with van der Waals surface area (Å²) < 4.78 is 10.6. The lowest BCUT2D eigenvalue weighted by Gasteiger charge is -2.34. The molecule has 2 N–H and O–H groups in total. The number of rotatable bonds is 15. The van der Waals surface area contributed by atoms with Crippen LogP contribution in [0, 0.1) is 29.6 Å². The second-order valence-corrected chi connectivity index (χ2v) is 13.9. The number of allylic oxidation sites excluding steroid dienone is 1. The molecule has 0 heterocycles. The van der Waals surface area contributed by atoms with Crippen molar-refractivity contribution >= 4 is 12.2 Å². The lowest BCUT2D eigenvalue weighted by Crippen LogP contribution is -2.39. The minimum Gasteiger partial charge on any atom is -0.446 e. The van der Waals surface area contributed by atoms with Crippen LogP contribution in [0.25, 0.3) is 0 Å². The molecule has 6 nitrogen and oxygen atoms in total. The van der Waals surface area contributed by atoms with Gasteiger partial charge in [0.2, 0.25) is 0 Å². The fourth-order valence-electron chi connectivity index (χ4n) is 7.77. The number of amides is 2. The van der Waals surface area contributed by atoms with Gasteiger partial charge in [-0.2, -0.15) is 0 Å². The highest BCUT2D eigenvalue weighted by atomic mass is 16.6. The van der Waals surface area contributed by atoms with Crippen LogP contribution in [-0.4, -0.2) is 37.5 Å². The third kappa shape index (κ3) is 13.4. The van der Waals surface area contributed by atoms with Gasteiger partial charge in [-0.3, -0.25) is 0 Å². The Balaban J connectivity index is 1.18. The molecule has 1 atom stereocenters. The van der Waals surface area contributed by atoms with E-state index in [0.29, 0.717) is 0 Å². The Morgan fingerprint density at radius 1 is 0.732 bits per heavy atom. The maximum Gasteiger partial charge on any atom is 0.407 e. The smallest absolute Gasteiger partial charge is 0.407 e. The van der Waals surface area contributed by atoms with Gasteiger partial charge >= 0.3 is 12.2 Å². The van der Waals surface area contributed by atoms with Crippen molar-refractivity contribution in [1.82, 2.24) is 10.6 Å². The van der Waals surface area contributed by atoms with E-state index in [0.717, 1.165) is 61.7 Å². The zero-order chi connectivity index (χ0) is 29.5. The van der Waals surface area contributed by atoms with Crippen LogP contribution in [0.3, 0.4) is 0 Å². The van der Waals surface area contributed by atoms with Gasteiger partial charge in [-0.05, 0) is 114 Å². The van der Waals surface area contributed by atoms with Crippen LogP contribution >= 0.6 is 0 Å². The average Bonchev–Trinajstić information content (AvgIpc) is 2.97. The molecule has 236 valence electrons. The van der Waals surface area contributed by atoms with Gasteiger partial charge in [-0.15, -0.1) is 6.58 Å². The lowest BCUT2D eigenvalue weighted by atomic mass is 9.74. The molecule has 1 unspecified atom stereocenters. The van der Waals surface area contributed by atoms with Crippen LogP contribution in [0.4, 0.5) is 9.59 Å². The first kappa shape index (κ1) is 33.8. The summed E-state index contributed by atoms with van der Waals surface area (Å²) in [4.78, 5) is 24.5. The normalized spacial score (nSPS) is 29.2. The SMILES string of the molecule is C=C(C)CCCC(CC)CC1CCC(NC(=O)OCCOC(=O)NC2CCC(CC3CCC(CC)CC3)CC2)CC1. The number of ether oxygens (including phenoxy) is 2. The molecule has 3 rings (SSSR count). The molecule has 2 amide bonds.